The molecule has 0 amide bonds. The first-order chi connectivity index (χ1) is 11.2. The van der Waals surface area contributed by atoms with Crippen molar-refractivity contribution in [3.8, 4) is 12.3 Å². The SMILES string of the molecule is C#Cc1c(C(C)(C)F)nc2c(C)c(C)[nH]c2c1C1CCC(C)CC1. The van der Waals surface area contributed by atoms with E-state index in [1.54, 1.807) is 13.8 Å². The fourth-order valence-electron chi connectivity index (χ4n) is 3.99. The molecule has 2 heterocycles. The lowest BCUT2D eigenvalue weighted by atomic mass is 9.77. The predicted octanol–water partition coefficient (Wildman–Crippen LogP) is 5.66. The Hall–Kier alpha value is -1.82. The van der Waals surface area contributed by atoms with Crippen LogP contribution in [0, 0.1) is 32.1 Å². The summed E-state index contributed by atoms with van der Waals surface area (Å²) in [7, 11) is 0. The average molecular weight is 326 g/mol. The molecule has 0 unspecified atom stereocenters. The zero-order valence-corrected chi connectivity index (χ0v) is 15.4. The maximum absolute atomic E-state index is 14.9. The second-order valence-corrected chi connectivity index (χ2v) is 7.92. The summed E-state index contributed by atoms with van der Waals surface area (Å²) in [6, 6.07) is 0. The van der Waals surface area contributed by atoms with E-state index in [1.807, 2.05) is 13.8 Å². The Morgan fingerprint density at radius 3 is 2.38 bits per heavy atom. The number of terminal acetylenes is 1. The normalized spacial score (nSPS) is 21.9. The molecule has 0 saturated heterocycles. The first-order valence-electron chi connectivity index (χ1n) is 8.92. The summed E-state index contributed by atoms with van der Waals surface area (Å²) in [6.07, 6.45) is 10.5. The topological polar surface area (TPSA) is 28.7 Å². The number of hydrogen-bond acceptors (Lipinski definition) is 1. The number of hydrogen-bond donors (Lipinski definition) is 1. The van der Waals surface area contributed by atoms with Crippen LogP contribution in [0.1, 0.15) is 80.5 Å². The summed E-state index contributed by atoms with van der Waals surface area (Å²) in [4.78, 5) is 8.14. The van der Waals surface area contributed by atoms with Crippen molar-refractivity contribution >= 4 is 11.0 Å². The zero-order valence-electron chi connectivity index (χ0n) is 15.4. The molecule has 128 valence electrons. The predicted molar refractivity (Wildman–Crippen MR) is 98.0 cm³/mol. The highest BCUT2D eigenvalue weighted by Crippen LogP contribution is 2.43. The third-order valence-electron chi connectivity index (χ3n) is 5.60. The van der Waals surface area contributed by atoms with Gasteiger partial charge in [0.2, 0.25) is 0 Å². The van der Waals surface area contributed by atoms with E-state index >= 15 is 0 Å². The first kappa shape index (κ1) is 17.0. The van der Waals surface area contributed by atoms with Crippen molar-refractivity contribution in [1.82, 2.24) is 9.97 Å². The monoisotopic (exact) mass is 326 g/mol. The van der Waals surface area contributed by atoms with Gasteiger partial charge in [-0.05, 0) is 63.5 Å². The molecule has 1 saturated carbocycles. The van der Waals surface area contributed by atoms with Crippen LogP contribution in [0.15, 0.2) is 0 Å². The molecular formula is C21H27FN2. The minimum absolute atomic E-state index is 0.385. The standard InChI is InChI=1S/C21H27FN2/c1-7-16-17(15-10-8-12(2)9-11-15)19-18(13(3)14(4)23-19)24-20(16)21(5,6)22/h1,12,15,23H,8-11H2,2-6H3. The number of alkyl halides is 1. The summed E-state index contributed by atoms with van der Waals surface area (Å²) in [5.74, 6) is 3.92. The smallest absolute Gasteiger partial charge is 0.148 e. The van der Waals surface area contributed by atoms with E-state index in [9.17, 15) is 4.39 Å². The highest BCUT2D eigenvalue weighted by molar-refractivity contribution is 5.86. The van der Waals surface area contributed by atoms with E-state index < -0.39 is 5.67 Å². The lowest BCUT2D eigenvalue weighted by molar-refractivity contribution is 0.214. The molecule has 2 aromatic heterocycles. The second kappa shape index (κ2) is 5.92. The van der Waals surface area contributed by atoms with Crippen molar-refractivity contribution in [3.63, 3.8) is 0 Å². The summed E-state index contributed by atoms with van der Waals surface area (Å²) >= 11 is 0. The highest BCUT2D eigenvalue weighted by atomic mass is 19.1. The van der Waals surface area contributed by atoms with Gasteiger partial charge in [0.1, 0.15) is 5.67 Å². The van der Waals surface area contributed by atoms with Crippen LogP contribution < -0.4 is 0 Å². The average Bonchev–Trinajstić information content (AvgIpc) is 2.80. The first-order valence-corrected chi connectivity index (χ1v) is 8.92. The van der Waals surface area contributed by atoms with Gasteiger partial charge in [-0.1, -0.05) is 25.7 Å². The van der Waals surface area contributed by atoms with Crippen LogP contribution in [0.4, 0.5) is 4.39 Å². The fraction of sp³-hybridized carbons (Fsp3) is 0.571. The lowest BCUT2D eigenvalue weighted by Crippen LogP contribution is -2.19. The second-order valence-electron chi connectivity index (χ2n) is 7.92. The molecule has 3 heteroatoms. The molecule has 3 rings (SSSR count). The number of halogens is 1. The van der Waals surface area contributed by atoms with Gasteiger partial charge >= 0.3 is 0 Å². The van der Waals surface area contributed by atoms with Crippen LogP contribution in [0.5, 0.6) is 0 Å². The van der Waals surface area contributed by atoms with Crippen molar-refractivity contribution in [2.45, 2.75) is 71.9 Å². The van der Waals surface area contributed by atoms with Crippen LogP contribution in [0.2, 0.25) is 0 Å². The number of nitrogens with one attached hydrogen (secondary N) is 1. The summed E-state index contributed by atoms with van der Waals surface area (Å²) in [6.45, 7) is 9.48. The number of aryl methyl sites for hydroxylation is 2. The molecule has 24 heavy (non-hydrogen) atoms. The summed E-state index contributed by atoms with van der Waals surface area (Å²) in [5.41, 5.74) is 4.70. The van der Waals surface area contributed by atoms with Crippen LogP contribution in [0.3, 0.4) is 0 Å². The molecular weight excluding hydrogens is 299 g/mol. The van der Waals surface area contributed by atoms with Crippen molar-refractivity contribution in [2.75, 3.05) is 0 Å². The Morgan fingerprint density at radius 2 is 1.83 bits per heavy atom. The van der Waals surface area contributed by atoms with Gasteiger partial charge in [0.15, 0.2) is 0 Å². The molecule has 0 atom stereocenters. The van der Waals surface area contributed by atoms with E-state index in [4.69, 9.17) is 6.42 Å². The number of nitrogens with zero attached hydrogens (tertiary/aromatic N) is 1. The van der Waals surface area contributed by atoms with Crippen LogP contribution >= 0.6 is 0 Å². The van der Waals surface area contributed by atoms with E-state index in [1.165, 1.54) is 12.8 Å². The fourth-order valence-corrected chi connectivity index (χ4v) is 3.99. The summed E-state index contributed by atoms with van der Waals surface area (Å²) < 4.78 is 14.9. The van der Waals surface area contributed by atoms with E-state index in [-0.39, 0.29) is 0 Å². The molecule has 1 N–H and O–H groups in total. The number of H-pyrrole nitrogens is 1. The molecule has 0 bridgehead atoms. The van der Waals surface area contributed by atoms with Gasteiger partial charge < -0.3 is 4.98 Å². The van der Waals surface area contributed by atoms with Gasteiger partial charge in [0.05, 0.1) is 22.3 Å². The minimum atomic E-state index is -1.55. The Bertz CT molecular complexity index is 809. The van der Waals surface area contributed by atoms with Crippen LogP contribution in [-0.4, -0.2) is 9.97 Å². The van der Waals surface area contributed by atoms with Gasteiger partial charge in [0.25, 0.3) is 0 Å². The number of aromatic amines is 1. The van der Waals surface area contributed by atoms with Gasteiger partial charge in [-0.25, -0.2) is 9.37 Å². The van der Waals surface area contributed by atoms with Crippen LogP contribution in [0.25, 0.3) is 11.0 Å². The van der Waals surface area contributed by atoms with E-state index in [0.29, 0.717) is 17.2 Å². The van der Waals surface area contributed by atoms with Crippen molar-refractivity contribution in [1.29, 1.82) is 0 Å². The summed E-state index contributed by atoms with van der Waals surface area (Å²) in [5, 5.41) is 0. The Labute approximate surface area is 144 Å². The maximum Gasteiger partial charge on any atom is 0.148 e. The zero-order chi connectivity index (χ0) is 17.6. The van der Waals surface area contributed by atoms with Crippen molar-refractivity contribution in [2.24, 2.45) is 5.92 Å². The van der Waals surface area contributed by atoms with E-state index in [0.717, 1.165) is 46.6 Å². The minimum Gasteiger partial charge on any atom is -0.357 e. The molecule has 0 radical (unpaired) electrons. The number of pyridine rings is 1. The molecule has 2 aromatic rings. The van der Waals surface area contributed by atoms with Crippen LogP contribution in [-0.2, 0) is 5.67 Å². The van der Waals surface area contributed by atoms with Gasteiger partial charge in [-0.15, -0.1) is 6.42 Å². The number of aromatic nitrogens is 2. The molecule has 2 nitrogen and oxygen atoms in total. The van der Waals surface area contributed by atoms with Crippen molar-refractivity contribution in [3.05, 3.63) is 28.1 Å². The highest BCUT2D eigenvalue weighted by Gasteiger charge is 2.32. The Balaban J connectivity index is 2.32. The molecule has 0 aliphatic heterocycles. The Morgan fingerprint density at radius 1 is 1.21 bits per heavy atom. The Kier molecular flexibility index (Phi) is 4.20. The number of rotatable bonds is 2. The largest absolute Gasteiger partial charge is 0.357 e. The number of fused-ring (bicyclic) bond motifs is 1. The van der Waals surface area contributed by atoms with Gasteiger partial charge in [-0.3, -0.25) is 0 Å². The maximum atomic E-state index is 14.9. The van der Waals surface area contributed by atoms with Crippen molar-refractivity contribution < 1.29 is 4.39 Å². The molecule has 0 aromatic carbocycles. The third kappa shape index (κ3) is 2.73. The van der Waals surface area contributed by atoms with Gasteiger partial charge in [0, 0.05) is 5.69 Å². The molecule has 1 aliphatic rings. The quantitative estimate of drug-likeness (QED) is 0.709. The molecule has 0 spiro atoms. The molecule has 1 fully saturated rings. The lowest BCUT2D eigenvalue weighted by Gasteiger charge is -2.29. The third-order valence-corrected chi connectivity index (χ3v) is 5.60. The molecule has 1 aliphatic carbocycles. The van der Waals surface area contributed by atoms with Gasteiger partial charge in [-0.2, -0.15) is 0 Å². The van der Waals surface area contributed by atoms with E-state index in [2.05, 4.69) is 22.8 Å².